The molecule has 1 amide bonds. The predicted molar refractivity (Wildman–Crippen MR) is 143 cm³/mol. The molecule has 2 aliphatic rings. The van der Waals surface area contributed by atoms with Gasteiger partial charge >= 0.3 is 0 Å². The number of likely N-dealkylation sites (tertiary alicyclic amines) is 1. The molecule has 6 heteroatoms. The maximum Gasteiger partial charge on any atom is 0.254 e. The summed E-state index contributed by atoms with van der Waals surface area (Å²) < 4.78 is 41.0. The molecule has 0 bridgehead atoms. The van der Waals surface area contributed by atoms with Crippen molar-refractivity contribution in [3.05, 3.63) is 106 Å². The molecule has 0 N–H and O–H groups in total. The fraction of sp³-hybridized carbons (Fsp3) is 0.406. The third-order valence-electron chi connectivity index (χ3n) is 8.29. The van der Waals surface area contributed by atoms with Gasteiger partial charge in [-0.15, -0.1) is 0 Å². The minimum absolute atomic E-state index is 0.0421. The van der Waals surface area contributed by atoms with Crippen LogP contribution in [0.25, 0.3) is 0 Å². The van der Waals surface area contributed by atoms with Gasteiger partial charge in [-0.3, -0.25) is 9.69 Å². The van der Waals surface area contributed by atoms with Crippen molar-refractivity contribution in [3.8, 4) is 0 Å². The quantitative estimate of drug-likeness (QED) is 0.332. The standard InChI is InChI=1S/C32H35F3N2O/c1-22-7-5-6-10-28(22)29-21-36(18-23-11-16-30(34)31(35)17-23)19-25(29)20-37(27-8-3-2-4-9-27)32(38)24-12-14-26(33)15-13-24/h5-7,10-17,25,27,29H,2-4,8-9,18-21H2,1H3/t25-,29+/m0/s1. The average molecular weight is 521 g/mol. The molecule has 3 aromatic rings. The predicted octanol–water partition coefficient (Wildman–Crippen LogP) is 7.10. The lowest BCUT2D eigenvalue weighted by Crippen LogP contribution is -2.45. The molecule has 3 aromatic carbocycles. The fourth-order valence-corrected chi connectivity index (χ4v) is 6.33. The van der Waals surface area contributed by atoms with Gasteiger partial charge < -0.3 is 4.90 Å². The summed E-state index contributed by atoms with van der Waals surface area (Å²) in [4.78, 5) is 18.1. The molecule has 2 fully saturated rings. The number of amides is 1. The highest BCUT2D eigenvalue weighted by molar-refractivity contribution is 5.94. The third kappa shape index (κ3) is 5.96. The summed E-state index contributed by atoms with van der Waals surface area (Å²) in [7, 11) is 0. The van der Waals surface area contributed by atoms with E-state index in [1.807, 2.05) is 11.0 Å². The van der Waals surface area contributed by atoms with E-state index in [0.717, 1.165) is 44.3 Å². The number of benzene rings is 3. The molecular weight excluding hydrogens is 485 g/mol. The summed E-state index contributed by atoms with van der Waals surface area (Å²) in [6.07, 6.45) is 5.35. The first kappa shape index (κ1) is 26.5. The van der Waals surface area contributed by atoms with Crippen LogP contribution in [0.1, 0.15) is 65.1 Å². The molecule has 1 heterocycles. The Morgan fingerprint density at radius 2 is 1.63 bits per heavy atom. The van der Waals surface area contributed by atoms with Crippen LogP contribution >= 0.6 is 0 Å². The van der Waals surface area contributed by atoms with E-state index in [1.54, 1.807) is 18.2 Å². The largest absolute Gasteiger partial charge is 0.335 e. The maximum absolute atomic E-state index is 13.9. The Morgan fingerprint density at radius 1 is 0.895 bits per heavy atom. The van der Waals surface area contributed by atoms with E-state index in [0.29, 0.717) is 18.7 Å². The molecule has 0 radical (unpaired) electrons. The Hall–Kier alpha value is -3.12. The van der Waals surface area contributed by atoms with Gasteiger partial charge in [0.1, 0.15) is 5.82 Å². The summed E-state index contributed by atoms with van der Waals surface area (Å²) in [5.74, 6) is -1.69. The molecule has 2 atom stereocenters. The molecule has 0 unspecified atom stereocenters. The van der Waals surface area contributed by atoms with Crippen molar-refractivity contribution < 1.29 is 18.0 Å². The lowest BCUT2D eigenvalue weighted by molar-refractivity contribution is 0.0588. The number of halogens is 3. The molecule has 1 saturated carbocycles. The second kappa shape index (κ2) is 11.7. The molecular formula is C32H35F3N2O. The molecule has 0 aromatic heterocycles. The second-order valence-corrected chi connectivity index (χ2v) is 10.9. The number of hydrogen-bond acceptors (Lipinski definition) is 2. The highest BCUT2D eigenvalue weighted by Gasteiger charge is 2.38. The SMILES string of the molecule is Cc1ccccc1[C@@H]1CN(Cc2ccc(F)c(F)c2)C[C@H]1CN(C(=O)c1ccc(F)cc1)C1CCCCC1. The van der Waals surface area contributed by atoms with Gasteiger partial charge in [-0.2, -0.15) is 0 Å². The Balaban J connectivity index is 1.43. The first-order valence-electron chi connectivity index (χ1n) is 13.7. The van der Waals surface area contributed by atoms with Crippen molar-refractivity contribution in [1.29, 1.82) is 0 Å². The fourth-order valence-electron chi connectivity index (χ4n) is 6.33. The van der Waals surface area contributed by atoms with Gasteiger partial charge in [0, 0.05) is 43.7 Å². The third-order valence-corrected chi connectivity index (χ3v) is 8.29. The first-order chi connectivity index (χ1) is 18.4. The van der Waals surface area contributed by atoms with E-state index in [1.165, 1.54) is 41.8 Å². The van der Waals surface area contributed by atoms with Crippen LogP contribution in [0.4, 0.5) is 13.2 Å². The van der Waals surface area contributed by atoms with Crippen LogP contribution in [0.3, 0.4) is 0 Å². The highest BCUT2D eigenvalue weighted by Crippen LogP contribution is 2.37. The van der Waals surface area contributed by atoms with Crippen LogP contribution < -0.4 is 0 Å². The van der Waals surface area contributed by atoms with Gasteiger partial charge in [-0.1, -0.05) is 49.6 Å². The summed E-state index contributed by atoms with van der Waals surface area (Å²) in [5.41, 5.74) is 3.73. The average Bonchev–Trinajstić information content (AvgIpc) is 3.32. The van der Waals surface area contributed by atoms with Crippen molar-refractivity contribution in [2.45, 2.75) is 57.5 Å². The van der Waals surface area contributed by atoms with E-state index in [2.05, 4.69) is 30.0 Å². The monoisotopic (exact) mass is 520 g/mol. The van der Waals surface area contributed by atoms with Crippen molar-refractivity contribution >= 4 is 5.91 Å². The zero-order valence-corrected chi connectivity index (χ0v) is 21.9. The van der Waals surface area contributed by atoms with E-state index in [4.69, 9.17) is 0 Å². The molecule has 200 valence electrons. The molecule has 1 saturated heterocycles. The van der Waals surface area contributed by atoms with E-state index in [9.17, 15) is 18.0 Å². The van der Waals surface area contributed by atoms with Gasteiger partial charge in [0.05, 0.1) is 0 Å². The van der Waals surface area contributed by atoms with Crippen LogP contribution in [0, 0.1) is 30.3 Å². The normalized spacial score (nSPS) is 20.5. The summed E-state index contributed by atoms with van der Waals surface area (Å²) in [6.45, 7) is 4.77. The molecule has 38 heavy (non-hydrogen) atoms. The zero-order valence-electron chi connectivity index (χ0n) is 21.9. The molecule has 1 aliphatic carbocycles. The minimum Gasteiger partial charge on any atom is -0.335 e. The number of rotatable bonds is 7. The first-order valence-corrected chi connectivity index (χ1v) is 13.7. The van der Waals surface area contributed by atoms with Gasteiger partial charge in [0.2, 0.25) is 0 Å². The smallest absolute Gasteiger partial charge is 0.254 e. The lowest BCUT2D eigenvalue weighted by Gasteiger charge is -2.37. The molecule has 3 nitrogen and oxygen atoms in total. The number of aryl methyl sites for hydroxylation is 1. The van der Waals surface area contributed by atoms with Crippen molar-refractivity contribution in [3.63, 3.8) is 0 Å². The van der Waals surface area contributed by atoms with Gasteiger partial charge in [0.25, 0.3) is 5.91 Å². The zero-order chi connectivity index (χ0) is 26.6. The van der Waals surface area contributed by atoms with Crippen LogP contribution in [0.15, 0.2) is 66.7 Å². The summed E-state index contributed by atoms with van der Waals surface area (Å²) in [6, 6.07) is 18.5. The molecule has 0 spiro atoms. The van der Waals surface area contributed by atoms with Crippen molar-refractivity contribution in [1.82, 2.24) is 9.80 Å². The number of carbonyl (C=O) groups excluding carboxylic acids is 1. The van der Waals surface area contributed by atoms with Gasteiger partial charge in [0.15, 0.2) is 11.6 Å². The summed E-state index contributed by atoms with van der Waals surface area (Å²) >= 11 is 0. The highest BCUT2D eigenvalue weighted by atomic mass is 19.2. The Kier molecular flexibility index (Phi) is 8.18. The molecule has 1 aliphatic heterocycles. The number of hydrogen-bond donors (Lipinski definition) is 0. The van der Waals surface area contributed by atoms with Crippen LogP contribution in [0.2, 0.25) is 0 Å². The number of nitrogens with zero attached hydrogens (tertiary/aromatic N) is 2. The van der Waals surface area contributed by atoms with Gasteiger partial charge in [-0.05, 0) is 78.8 Å². The Morgan fingerprint density at radius 3 is 2.34 bits per heavy atom. The van der Waals surface area contributed by atoms with Crippen LogP contribution in [0.5, 0.6) is 0 Å². The Labute approximate surface area is 223 Å². The van der Waals surface area contributed by atoms with Crippen LogP contribution in [-0.2, 0) is 6.54 Å². The van der Waals surface area contributed by atoms with Crippen LogP contribution in [-0.4, -0.2) is 41.4 Å². The van der Waals surface area contributed by atoms with E-state index >= 15 is 0 Å². The van der Waals surface area contributed by atoms with E-state index in [-0.39, 0.29) is 29.6 Å². The Bertz CT molecular complexity index is 1260. The van der Waals surface area contributed by atoms with Crippen molar-refractivity contribution in [2.75, 3.05) is 19.6 Å². The van der Waals surface area contributed by atoms with E-state index < -0.39 is 11.6 Å². The second-order valence-electron chi connectivity index (χ2n) is 10.9. The topological polar surface area (TPSA) is 23.6 Å². The van der Waals surface area contributed by atoms with Crippen molar-refractivity contribution in [2.24, 2.45) is 5.92 Å². The lowest BCUT2D eigenvalue weighted by atomic mass is 9.85. The number of carbonyl (C=O) groups is 1. The molecule has 5 rings (SSSR count). The maximum atomic E-state index is 13.9. The minimum atomic E-state index is -0.840. The summed E-state index contributed by atoms with van der Waals surface area (Å²) in [5, 5.41) is 0. The van der Waals surface area contributed by atoms with Gasteiger partial charge in [-0.25, -0.2) is 13.2 Å².